The number of nitrogens with one attached hydrogen (secondary N) is 1. The molecule has 5 nitrogen and oxygen atoms in total. The summed E-state index contributed by atoms with van der Waals surface area (Å²) in [5.41, 5.74) is 8.66. The molecule has 0 spiro atoms. The van der Waals surface area contributed by atoms with Gasteiger partial charge < -0.3 is 19.5 Å². The number of halogens is 1. The van der Waals surface area contributed by atoms with Crippen molar-refractivity contribution in [3.05, 3.63) is 106 Å². The number of benzene rings is 2. The predicted octanol–water partition coefficient (Wildman–Crippen LogP) is 6.95. The molecule has 5 rings (SSSR count). The third-order valence-corrected chi connectivity index (χ3v) is 7.30. The lowest BCUT2D eigenvalue weighted by Crippen LogP contribution is -2.29. The Morgan fingerprint density at radius 1 is 0.972 bits per heavy atom. The van der Waals surface area contributed by atoms with Crippen LogP contribution in [0.4, 0.5) is 5.69 Å². The molecule has 0 aliphatic carbocycles. The fourth-order valence-electron chi connectivity index (χ4n) is 5.33. The number of nitrogens with zero attached hydrogens (tertiary/aromatic N) is 3. The van der Waals surface area contributed by atoms with Crippen LogP contribution >= 0.6 is 23.8 Å². The van der Waals surface area contributed by atoms with Crippen molar-refractivity contribution in [2.45, 2.75) is 39.8 Å². The summed E-state index contributed by atoms with van der Waals surface area (Å²) in [6, 6.07) is 20.3. The number of hydrogen-bond acceptors (Lipinski definition) is 3. The lowest BCUT2D eigenvalue weighted by Gasteiger charge is -2.29. The molecule has 7 heteroatoms. The summed E-state index contributed by atoms with van der Waals surface area (Å²) < 4.78 is 7.90. The number of pyridine rings is 1. The minimum atomic E-state index is -0.116. The summed E-state index contributed by atoms with van der Waals surface area (Å²) in [6.07, 6.45) is 1.83. The first-order chi connectivity index (χ1) is 17.3. The Bertz CT molecular complexity index is 1430. The second-order valence-electron chi connectivity index (χ2n) is 9.32. The Morgan fingerprint density at radius 2 is 1.72 bits per heavy atom. The van der Waals surface area contributed by atoms with E-state index in [1.807, 2.05) is 36.5 Å². The van der Waals surface area contributed by atoms with E-state index in [1.54, 1.807) is 7.11 Å². The van der Waals surface area contributed by atoms with Gasteiger partial charge in [0.2, 0.25) is 0 Å². The van der Waals surface area contributed by atoms with Gasteiger partial charge in [-0.05, 0) is 105 Å². The number of thiocarbonyl (C=S) groups is 1. The zero-order chi connectivity index (χ0) is 25.6. The third-order valence-electron chi connectivity index (χ3n) is 6.75. The van der Waals surface area contributed by atoms with Crippen molar-refractivity contribution in [1.82, 2.24) is 14.9 Å². The van der Waals surface area contributed by atoms with Crippen LogP contribution < -0.4 is 15.0 Å². The van der Waals surface area contributed by atoms with E-state index in [2.05, 4.69) is 72.8 Å². The van der Waals surface area contributed by atoms with Gasteiger partial charge in [-0.1, -0.05) is 23.7 Å². The molecule has 0 bridgehead atoms. The van der Waals surface area contributed by atoms with Gasteiger partial charge in [0.1, 0.15) is 5.75 Å². The molecule has 1 fully saturated rings. The van der Waals surface area contributed by atoms with E-state index in [9.17, 15) is 0 Å². The smallest absolute Gasteiger partial charge is 0.174 e. The molecular weight excluding hydrogens is 488 g/mol. The van der Waals surface area contributed by atoms with Crippen molar-refractivity contribution in [1.29, 1.82) is 0 Å². The maximum atomic E-state index is 6.40. The van der Waals surface area contributed by atoms with Crippen molar-refractivity contribution in [3.8, 4) is 11.4 Å². The molecule has 184 valence electrons. The van der Waals surface area contributed by atoms with Crippen LogP contribution in [-0.2, 0) is 0 Å². The number of ether oxygens (including phenoxy) is 1. The average Bonchev–Trinajstić information content (AvgIpc) is 3.34. The number of methoxy groups -OCH3 is 1. The van der Waals surface area contributed by atoms with E-state index in [4.69, 9.17) is 33.5 Å². The van der Waals surface area contributed by atoms with Crippen LogP contribution in [0.25, 0.3) is 5.69 Å². The number of rotatable bonds is 5. The molecular formula is C29H29ClN4OS. The van der Waals surface area contributed by atoms with Crippen LogP contribution in [0.2, 0.25) is 5.02 Å². The van der Waals surface area contributed by atoms with Crippen LogP contribution in [0.1, 0.15) is 45.9 Å². The second-order valence-corrected chi connectivity index (χ2v) is 10.1. The molecule has 1 saturated heterocycles. The fraction of sp³-hybridized carbons (Fsp3) is 0.241. The van der Waals surface area contributed by atoms with Crippen molar-refractivity contribution < 1.29 is 4.74 Å². The lowest BCUT2D eigenvalue weighted by molar-refractivity contribution is 0.412. The predicted molar refractivity (Wildman–Crippen MR) is 151 cm³/mol. The SMILES string of the molecule is COc1ccc(Cl)cc1-n1c(C)cc([C@H]2[C@@H](c3ccccn3)NC(=S)N2c2cc(C)cc(C)c2)c1C. The normalized spacial score (nSPS) is 17.4. The van der Waals surface area contributed by atoms with Crippen molar-refractivity contribution >= 4 is 34.6 Å². The molecule has 1 N–H and O–H groups in total. The quantitative estimate of drug-likeness (QED) is 0.291. The van der Waals surface area contributed by atoms with Crippen LogP contribution in [-0.4, -0.2) is 21.8 Å². The maximum absolute atomic E-state index is 6.40. The highest BCUT2D eigenvalue weighted by molar-refractivity contribution is 7.80. The number of aromatic nitrogens is 2. The highest BCUT2D eigenvalue weighted by atomic mass is 35.5. The van der Waals surface area contributed by atoms with Gasteiger partial charge in [-0.25, -0.2) is 0 Å². The van der Waals surface area contributed by atoms with Gasteiger partial charge >= 0.3 is 0 Å². The number of hydrogen-bond donors (Lipinski definition) is 1. The third kappa shape index (κ3) is 4.25. The standard InChI is InChI=1S/C29H29ClN4OS/c1-17-12-18(2)14-22(13-17)34-28(27(32-29(34)36)24-8-6-7-11-31-24)23-15-19(3)33(20(23)4)25-16-21(30)9-10-26(25)35-5/h6-16,27-28H,1-5H3,(H,32,36)/t27-,28+/m1/s1. The Labute approximate surface area is 222 Å². The van der Waals surface area contributed by atoms with Crippen LogP contribution in [0.15, 0.2) is 66.9 Å². The number of aryl methyl sites for hydroxylation is 3. The summed E-state index contributed by atoms with van der Waals surface area (Å²) in [5.74, 6) is 0.764. The molecule has 1 aliphatic heterocycles. The minimum absolute atomic E-state index is 0.0984. The van der Waals surface area contributed by atoms with Gasteiger partial charge in [-0.2, -0.15) is 0 Å². The monoisotopic (exact) mass is 516 g/mol. The fourth-order valence-corrected chi connectivity index (χ4v) is 5.85. The van der Waals surface area contributed by atoms with Crippen molar-refractivity contribution in [3.63, 3.8) is 0 Å². The summed E-state index contributed by atoms with van der Waals surface area (Å²) >= 11 is 12.3. The average molecular weight is 517 g/mol. The van der Waals surface area contributed by atoms with E-state index in [0.717, 1.165) is 39.8 Å². The Hall–Kier alpha value is -3.35. The Balaban J connectivity index is 1.72. The highest BCUT2D eigenvalue weighted by Gasteiger charge is 2.42. The summed E-state index contributed by atoms with van der Waals surface area (Å²) in [6.45, 7) is 8.48. The molecule has 0 unspecified atom stereocenters. The molecule has 0 radical (unpaired) electrons. The van der Waals surface area contributed by atoms with Gasteiger partial charge in [-0.3, -0.25) is 4.98 Å². The maximum Gasteiger partial charge on any atom is 0.174 e. The first-order valence-corrected chi connectivity index (χ1v) is 12.7. The zero-order valence-corrected chi connectivity index (χ0v) is 22.6. The topological polar surface area (TPSA) is 42.3 Å². The van der Waals surface area contributed by atoms with E-state index < -0.39 is 0 Å². The molecule has 3 heterocycles. The first kappa shape index (κ1) is 24.3. The van der Waals surface area contributed by atoms with Crippen LogP contribution in [0.5, 0.6) is 5.75 Å². The molecule has 4 aromatic rings. The molecule has 2 aromatic carbocycles. The molecule has 0 amide bonds. The van der Waals surface area contributed by atoms with E-state index in [1.165, 1.54) is 11.1 Å². The van der Waals surface area contributed by atoms with Crippen LogP contribution in [0.3, 0.4) is 0 Å². The first-order valence-electron chi connectivity index (χ1n) is 11.9. The van der Waals surface area contributed by atoms with E-state index >= 15 is 0 Å². The lowest BCUT2D eigenvalue weighted by atomic mass is 9.96. The van der Waals surface area contributed by atoms with E-state index in [0.29, 0.717) is 10.1 Å². The van der Waals surface area contributed by atoms with Gasteiger partial charge in [0, 0.05) is 28.3 Å². The summed E-state index contributed by atoms with van der Waals surface area (Å²) in [7, 11) is 1.68. The highest BCUT2D eigenvalue weighted by Crippen LogP contribution is 2.44. The zero-order valence-electron chi connectivity index (χ0n) is 21.0. The van der Waals surface area contributed by atoms with Gasteiger partial charge in [0.05, 0.1) is 30.6 Å². The summed E-state index contributed by atoms with van der Waals surface area (Å²) in [5, 5.41) is 4.92. The molecule has 0 saturated carbocycles. The Kier molecular flexibility index (Phi) is 6.49. The van der Waals surface area contributed by atoms with Crippen LogP contribution in [0, 0.1) is 27.7 Å². The molecule has 2 atom stereocenters. The minimum Gasteiger partial charge on any atom is -0.495 e. The van der Waals surface area contributed by atoms with Gasteiger partial charge in [0.15, 0.2) is 5.11 Å². The molecule has 2 aromatic heterocycles. The number of anilines is 1. The van der Waals surface area contributed by atoms with Crippen molar-refractivity contribution in [2.75, 3.05) is 12.0 Å². The van der Waals surface area contributed by atoms with E-state index in [-0.39, 0.29) is 12.1 Å². The largest absolute Gasteiger partial charge is 0.495 e. The van der Waals surface area contributed by atoms with Gasteiger partial charge in [0.25, 0.3) is 0 Å². The van der Waals surface area contributed by atoms with Gasteiger partial charge in [-0.15, -0.1) is 0 Å². The summed E-state index contributed by atoms with van der Waals surface area (Å²) in [4.78, 5) is 6.93. The molecule has 1 aliphatic rings. The molecule has 36 heavy (non-hydrogen) atoms. The van der Waals surface area contributed by atoms with Crippen molar-refractivity contribution in [2.24, 2.45) is 0 Å². The Morgan fingerprint density at radius 3 is 2.39 bits per heavy atom. The second kappa shape index (κ2) is 9.60.